The summed E-state index contributed by atoms with van der Waals surface area (Å²) in [5, 5.41) is 3.82. The van der Waals surface area contributed by atoms with Crippen LogP contribution in [0.25, 0.3) is 0 Å². The van der Waals surface area contributed by atoms with E-state index >= 15 is 0 Å². The van der Waals surface area contributed by atoms with Crippen LogP contribution in [-0.2, 0) is 27.7 Å². The van der Waals surface area contributed by atoms with Crippen molar-refractivity contribution >= 4 is 27.5 Å². The Morgan fingerprint density at radius 1 is 1.15 bits per heavy atom. The van der Waals surface area contributed by atoms with Gasteiger partial charge in [0.1, 0.15) is 12.4 Å². The summed E-state index contributed by atoms with van der Waals surface area (Å²) in [6.45, 7) is 2.05. The molecule has 0 aliphatic heterocycles. The number of carbonyl (C=O) groups is 1. The van der Waals surface area contributed by atoms with Gasteiger partial charge in [-0.2, -0.15) is 0 Å². The quantitative estimate of drug-likeness (QED) is 0.496. The first-order valence-electron chi connectivity index (χ1n) is 11.5. The summed E-state index contributed by atoms with van der Waals surface area (Å²) in [5.41, 5.74) is 3.53. The number of nitrogens with one attached hydrogen (secondary N) is 2. The van der Waals surface area contributed by atoms with Crippen LogP contribution in [0.5, 0.6) is 5.75 Å². The molecule has 178 valence electrons. The number of carbonyl (C=O) groups excluding carboxylic acids is 1. The first kappa shape index (κ1) is 24.0. The van der Waals surface area contributed by atoms with Crippen molar-refractivity contribution in [3.8, 4) is 5.75 Å². The highest BCUT2D eigenvalue weighted by Crippen LogP contribution is 2.37. The van der Waals surface area contributed by atoms with E-state index < -0.39 is 10.0 Å². The zero-order valence-electron chi connectivity index (χ0n) is 18.8. The second-order valence-corrected chi connectivity index (χ2v) is 11.4. The lowest BCUT2D eigenvalue weighted by Crippen LogP contribution is -2.41. The van der Waals surface area contributed by atoms with Gasteiger partial charge in [0.05, 0.1) is 5.75 Å². The van der Waals surface area contributed by atoms with Crippen LogP contribution in [0.2, 0.25) is 5.02 Å². The average Bonchev–Trinajstić information content (AvgIpc) is 3.56. The van der Waals surface area contributed by atoms with Crippen molar-refractivity contribution in [1.29, 1.82) is 0 Å². The summed E-state index contributed by atoms with van der Waals surface area (Å²) < 4.78 is 32.6. The molecule has 8 heteroatoms. The third-order valence-electron chi connectivity index (χ3n) is 6.31. The Morgan fingerprint density at radius 3 is 2.70 bits per heavy atom. The van der Waals surface area contributed by atoms with Gasteiger partial charge in [-0.05, 0) is 79.0 Å². The number of hydrogen-bond acceptors (Lipinski definition) is 4. The molecular weight excluding hydrogens is 460 g/mol. The smallest absolute Gasteiger partial charge is 0.217 e. The number of sulfonamides is 1. The summed E-state index contributed by atoms with van der Waals surface area (Å²) >= 11 is 6.20. The fourth-order valence-electron chi connectivity index (χ4n) is 4.59. The Kier molecular flexibility index (Phi) is 7.62. The molecule has 0 saturated heterocycles. The SMILES string of the molecule is CC(=O)NC1CCc2ccc(OCCNS(=O)(=O)CC3CC3)cc2C1Cc1cccc(Cl)c1. The van der Waals surface area contributed by atoms with Gasteiger partial charge in [0.25, 0.3) is 0 Å². The minimum atomic E-state index is -3.23. The molecule has 2 atom stereocenters. The van der Waals surface area contributed by atoms with E-state index in [9.17, 15) is 13.2 Å². The monoisotopic (exact) mass is 490 g/mol. The van der Waals surface area contributed by atoms with Gasteiger partial charge in [0, 0.05) is 30.5 Å². The second kappa shape index (κ2) is 10.5. The number of benzene rings is 2. The minimum absolute atomic E-state index is 0.0264. The van der Waals surface area contributed by atoms with E-state index in [4.69, 9.17) is 16.3 Å². The van der Waals surface area contributed by atoms with Crippen LogP contribution >= 0.6 is 11.6 Å². The van der Waals surface area contributed by atoms with Crippen molar-refractivity contribution in [2.45, 2.75) is 51.0 Å². The lowest BCUT2D eigenvalue weighted by atomic mass is 9.76. The molecule has 1 fully saturated rings. The molecule has 2 N–H and O–H groups in total. The van der Waals surface area contributed by atoms with Crippen LogP contribution in [-0.4, -0.2) is 39.3 Å². The summed E-state index contributed by atoms with van der Waals surface area (Å²) in [4.78, 5) is 11.9. The van der Waals surface area contributed by atoms with Gasteiger partial charge in [-0.25, -0.2) is 13.1 Å². The number of hydrogen-bond donors (Lipinski definition) is 2. The molecule has 1 amide bonds. The lowest BCUT2D eigenvalue weighted by molar-refractivity contribution is -0.119. The first-order chi connectivity index (χ1) is 15.8. The Bertz CT molecular complexity index is 1100. The minimum Gasteiger partial charge on any atom is -0.492 e. The maximum atomic E-state index is 12.0. The maximum absolute atomic E-state index is 12.0. The fourth-order valence-corrected chi connectivity index (χ4v) is 6.27. The highest BCUT2D eigenvalue weighted by Gasteiger charge is 2.31. The van der Waals surface area contributed by atoms with Crippen LogP contribution in [0.15, 0.2) is 42.5 Å². The van der Waals surface area contributed by atoms with E-state index in [1.165, 1.54) is 5.56 Å². The standard InChI is InChI=1S/C25H31ClN2O4S/c1-17(29)28-25-10-8-20-7-9-22(32-12-11-27-33(30,31)16-18-5-6-18)15-23(20)24(25)14-19-3-2-4-21(26)13-19/h2-4,7,9,13,15,18,24-25,27H,5-6,8,10-12,14,16H2,1H3,(H,28,29). The molecule has 0 spiro atoms. The van der Waals surface area contributed by atoms with E-state index in [2.05, 4.69) is 22.2 Å². The third kappa shape index (κ3) is 6.95. The summed E-state index contributed by atoms with van der Waals surface area (Å²) in [5.74, 6) is 1.29. The van der Waals surface area contributed by atoms with Crippen molar-refractivity contribution in [3.05, 3.63) is 64.2 Å². The molecule has 0 radical (unpaired) electrons. The largest absolute Gasteiger partial charge is 0.492 e. The van der Waals surface area contributed by atoms with Gasteiger partial charge in [-0.1, -0.05) is 29.8 Å². The molecule has 0 aromatic heterocycles. The van der Waals surface area contributed by atoms with E-state index in [0.29, 0.717) is 16.7 Å². The van der Waals surface area contributed by atoms with Crippen molar-refractivity contribution in [2.24, 2.45) is 5.92 Å². The average molecular weight is 491 g/mol. The summed E-state index contributed by atoms with van der Waals surface area (Å²) in [7, 11) is -3.23. The van der Waals surface area contributed by atoms with Crippen LogP contribution in [0.4, 0.5) is 0 Å². The lowest BCUT2D eigenvalue weighted by Gasteiger charge is -2.34. The third-order valence-corrected chi connectivity index (χ3v) is 8.09. The Hall–Kier alpha value is -2.09. The number of halogens is 1. The number of rotatable bonds is 10. The maximum Gasteiger partial charge on any atom is 0.217 e. The van der Waals surface area contributed by atoms with Crippen LogP contribution < -0.4 is 14.8 Å². The van der Waals surface area contributed by atoms with Gasteiger partial charge >= 0.3 is 0 Å². The molecule has 2 aromatic carbocycles. The molecular formula is C25H31ClN2O4S. The molecule has 2 aromatic rings. The van der Waals surface area contributed by atoms with Crippen LogP contribution in [0, 0.1) is 5.92 Å². The molecule has 2 aliphatic rings. The highest BCUT2D eigenvalue weighted by molar-refractivity contribution is 7.89. The van der Waals surface area contributed by atoms with Crippen LogP contribution in [0.3, 0.4) is 0 Å². The Labute approximate surface area is 201 Å². The zero-order valence-corrected chi connectivity index (χ0v) is 20.4. The summed E-state index contributed by atoms with van der Waals surface area (Å²) in [6, 6.07) is 13.9. The molecule has 1 saturated carbocycles. The van der Waals surface area contributed by atoms with Crippen molar-refractivity contribution in [2.75, 3.05) is 18.9 Å². The van der Waals surface area contributed by atoms with Crippen molar-refractivity contribution in [1.82, 2.24) is 10.0 Å². The van der Waals surface area contributed by atoms with Gasteiger partial charge in [0.15, 0.2) is 0 Å². The van der Waals surface area contributed by atoms with Gasteiger partial charge in [-0.3, -0.25) is 4.79 Å². The molecule has 0 bridgehead atoms. The van der Waals surface area contributed by atoms with Gasteiger partial charge in [0.2, 0.25) is 15.9 Å². The molecule has 2 aliphatic carbocycles. The molecule has 33 heavy (non-hydrogen) atoms. The predicted octanol–water partition coefficient (Wildman–Crippen LogP) is 3.83. The van der Waals surface area contributed by atoms with Crippen molar-refractivity contribution in [3.63, 3.8) is 0 Å². The fraction of sp³-hybridized carbons (Fsp3) is 0.480. The summed E-state index contributed by atoms with van der Waals surface area (Å²) in [6.07, 6.45) is 4.52. The number of aryl methyl sites for hydroxylation is 1. The molecule has 0 heterocycles. The molecule has 2 unspecified atom stereocenters. The number of fused-ring (bicyclic) bond motifs is 1. The first-order valence-corrected chi connectivity index (χ1v) is 13.6. The second-order valence-electron chi connectivity index (χ2n) is 9.11. The van der Waals surface area contributed by atoms with E-state index in [1.807, 2.05) is 30.3 Å². The van der Waals surface area contributed by atoms with E-state index in [0.717, 1.165) is 43.2 Å². The normalized spacial score (nSPS) is 20.2. The Balaban J connectivity index is 1.46. The number of amides is 1. The number of ether oxygens (including phenoxy) is 1. The van der Waals surface area contributed by atoms with Crippen molar-refractivity contribution < 1.29 is 17.9 Å². The van der Waals surface area contributed by atoms with Gasteiger partial charge < -0.3 is 10.1 Å². The highest BCUT2D eigenvalue weighted by atomic mass is 35.5. The molecule has 6 nitrogen and oxygen atoms in total. The van der Waals surface area contributed by atoms with E-state index in [1.54, 1.807) is 6.92 Å². The van der Waals surface area contributed by atoms with Crippen LogP contribution in [0.1, 0.15) is 48.8 Å². The van der Waals surface area contributed by atoms with Gasteiger partial charge in [-0.15, -0.1) is 0 Å². The zero-order chi connectivity index (χ0) is 23.4. The molecule has 4 rings (SSSR count). The van der Waals surface area contributed by atoms with E-state index in [-0.39, 0.29) is 36.8 Å². The topological polar surface area (TPSA) is 84.5 Å². The predicted molar refractivity (Wildman–Crippen MR) is 130 cm³/mol. The Morgan fingerprint density at radius 2 is 1.97 bits per heavy atom.